The summed E-state index contributed by atoms with van der Waals surface area (Å²) < 4.78 is 14.9. The van der Waals surface area contributed by atoms with Crippen molar-refractivity contribution in [1.82, 2.24) is 4.98 Å². The summed E-state index contributed by atoms with van der Waals surface area (Å²) in [6.45, 7) is 10.2. The van der Waals surface area contributed by atoms with Gasteiger partial charge in [0.25, 0.3) is 0 Å². The molecule has 4 nitrogen and oxygen atoms in total. The Balaban J connectivity index is 1.82. The SMILES string of the molecule is [2H]C(C)(C)N1[C]([CH2])N(c2c(C)ccc3c2oc2ncccc23)c2ccccc21. The molecule has 27 heavy (non-hydrogen) atoms. The number of benzene rings is 2. The van der Waals surface area contributed by atoms with E-state index in [-0.39, 0.29) is 0 Å². The maximum atomic E-state index is 8.65. The monoisotopic (exact) mass is 356 g/mol. The topological polar surface area (TPSA) is 32.5 Å². The maximum Gasteiger partial charge on any atom is 0.227 e. The molecule has 0 amide bonds. The highest BCUT2D eigenvalue weighted by Crippen LogP contribution is 2.51. The number of aryl methyl sites for hydroxylation is 1. The minimum absolute atomic E-state index is 0.625. The third-order valence-electron chi connectivity index (χ3n) is 5.14. The molecule has 4 aromatic rings. The minimum Gasteiger partial charge on any atom is -0.435 e. The first kappa shape index (κ1) is 15.1. The predicted molar refractivity (Wildman–Crippen MR) is 111 cm³/mol. The van der Waals surface area contributed by atoms with Crippen LogP contribution in [0.5, 0.6) is 0 Å². The van der Waals surface area contributed by atoms with Crippen molar-refractivity contribution in [1.29, 1.82) is 0 Å². The van der Waals surface area contributed by atoms with Crippen molar-refractivity contribution in [2.75, 3.05) is 9.80 Å². The first-order valence-corrected chi connectivity index (χ1v) is 9.03. The lowest BCUT2D eigenvalue weighted by atomic mass is 10.1. The summed E-state index contributed by atoms with van der Waals surface area (Å²) in [6.07, 6.45) is 2.48. The Labute approximate surface area is 160 Å². The van der Waals surface area contributed by atoms with Gasteiger partial charge in [-0.25, -0.2) is 4.98 Å². The summed E-state index contributed by atoms with van der Waals surface area (Å²) in [5.74, 6) is 0. The smallest absolute Gasteiger partial charge is 0.227 e. The standard InChI is InChI=1S/C23H21N3O/c1-14(2)25-16(4)26(20-10-6-5-9-19(20)25)21-15(3)11-12-17-18-8-7-13-24-23(18)27-22(17)21/h5-14H,4H2,1-3H3/i14D. The number of pyridine rings is 1. The van der Waals surface area contributed by atoms with Gasteiger partial charge < -0.3 is 14.2 Å². The summed E-state index contributed by atoms with van der Waals surface area (Å²) in [6, 6.07) is 15.4. The van der Waals surface area contributed by atoms with Gasteiger partial charge in [-0.15, -0.1) is 0 Å². The second-order valence-corrected chi connectivity index (χ2v) is 7.09. The van der Waals surface area contributed by atoms with Gasteiger partial charge in [0.1, 0.15) is 0 Å². The second-order valence-electron chi connectivity index (χ2n) is 7.09. The summed E-state index contributed by atoms with van der Waals surface area (Å²) in [5, 5.41) is 2.02. The molecule has 0 fully saturated rings. The molecule has 2 aromatic carbocycles. The molecule has 134 valence electrons. The number of para-hydroxylation sites is 2. The Morgan fingerprint density at radius 3 is 2.59 bits per heavy atom. The van der Waals surface area contributed by atoms with Gasteiger partial charge in [0.2, 0.25) is 5.71 Å². The number of anilines is 3. The van der Waals surface area contributed by atoms with E-state index >= 15 is 0 Å². The predicted octanol–water partition coefficient (Wildman–Crippen LogP) is 5.98. The van der Waals surface area contributed by atoms with Gasteiger partial charge in [0.15, 0.2) is 11.7 Å². The van der Waals surface area contributed by atoms with E-state index in [2.05, 4.69) is 41.9 Å². The highest BCUT2D eigenvalue weighted by atomic mass is 16.3. The third kappa shape index (κ3) is 2.19. The number of fused-ring (bicyclic) bond motifs is 4. The number of nitrogens with zero attached hydrogens (tertiary/aromatic N) is 3. The van der Waals surface area contributed by atoms with Crippen molar-refractivity contribution >= 4 is 39.1 Å². The van der Waals surface area contributed by atoms with E-state index in [1.165, 1.54) is 0 Å². The lowest BCUT2D eigenvalue weighted by molar-refractivity contribution is 0.652. The molecule has 0 atom stereocenters. The lowest BCUT2D eigenvalue weighted by Gasteiger charge is -2.32. The van der Waals surface area contributed by atoms with E-state index in [9.17, 15) is 0 Å². The fourth-order valence-corrected chi connectivity index (χ4v) is 4.01. The van der Waals surface area contributed by atoms with Gasteiger partial charge in [-0.1, -0.05) is 24.3 Å². The molecule has 0 saturated heterocycles. The molecule has 2 radical (unpaired) electrons. The third-order valence-corrected chi connectivity index (χ3v) is 5.14. The van der Waals surface area contributed by atoms with Crippen molar-refractivity contribution in [3.63, 3.8) is 0 Å². The Morgan fingerprint density at radius 2 is 1.81 bits per heavy atom. The zero-order chi connectivity index (χ0) is 19.6. The second kappa shape index (κ2) is 5.74. The summed E-state index contributed by atoms with van der Waals surface area (Å²) in [4.78, 5) is 8.45. The van der Waals surface area contributed by atoms with Crippen molar-refractivity contribution in [3.8, 4) is 0 Å². The first-order valence-electron chi connectivity index (χ1n) is 9.53. The Hall–Kier alpha value is -3.01. The van der Waals surface area contributed by atoms with Crippen molar-refractivity contribution < 1.29 is 5.79 Å². The largest absolute Gasteiger partial charge is 0.435 e. The van der Waals surface area contributed by atoms with Gasteiger partial charge in [-0.3, -0.25) is 0 Å². The van der Waals surface area contributed by atoms with Crippen LogP contribution in [0.3, 0.4) is 0 Å². The number of hydrogen-bond acceptors (Lipinski definition) is 4. The molecule has 1 aliphatic heterocycles. The van der Waals surface area contributed by atoms with Crippen LogP contribution in [0.1, 0.15) is 20.8 Å². The van der Waals surface area contributed by atoms with E-state index in [0.29, 0.717) is 5.71 Å². The van der Waals surface area contributed by atoms with Crippen LogP contribution in [0.2, 0.25) is 0 Å². The average Bonchev–Trinajstić information content (AvgIpc) is 3.16. The molecular weight excluding hydrogens is 334 g/mol. The number of hydrogen-bond donors (Lipinski definition) is 0. The molecule has 3 heterocycles. The molecular formula is C23H21N3O. The molecule has 2 aromatic heterocycles. The number of aromatic nitrogens is 1. The highest BCUT2D eigenvalue weighted by molar-refractivity contribution is 6.10. The van der Waals surface area contributed by atoms with Crippen LogP contribution >= 0.6 is 0 Å². The number of furan rings is 1. The molecule has 5 rings (SSSR count). The van der Waals surface area contributed by atoms with Crippen LogP contribution < -0.4 is 9.80 Å². The Morgan fingerprint density at radius 1 is 1.04 bits per heavy atom. The van der Waals surface area contributed by atoms with E-state index in [1.54, 1.807) is 6.20 Å². The highest BCUT2D eigenvalue weighted by Gasteiger charge is 2.38. The zero-order valence-electron chi connectivity index (χ0n) is 16.7. The molecule has 0 unspecified atom stereocenters. The van der Waals surface area contributed by atoms with Crippen LogP contribution in [0.4, 0.5) is 17.1 Å². The average molecular weight is 356 g/mol. The van der Waals surface area contributed by atoms with Crippen molar-refractivity contribution in [2.45, 2.75) is 26.8 Å². The molecule has 1 aliphatic rings. The normalized spacial score (nSPS) is 15.6. The van der Waals surface area contributed by atoms with Crippen LogP contribution in [-0.4, -0.2) is 11.0 Å². The summed E-state index contributed by atoms with van der Waals surface area (Å²) in [5.41, 5.74) is 5.40. The van der Waals surface area contributed by atoms with Gasteiger partial charge in [0, 0.05) is 23.0 Å². The maximum absolute atomic E-state index is 8.65. The van der Waals surface area contributed by atoms with Crippen LogP contribution in [0.25, 0.3) is 22.1 Å². The van der Waals surface area contributed by atoms with Crippen molar-refractivity contribution in [2.24, 2.45) is 0 Å². The van der Waals surface area contributed by atoms with E-state index in [4.69, 9.17) is 5.79 Å². The van der Waals surface area contributed by atoms with Crippen LogP contribution in [-0.2, 0) is 0 Å². The van der Waals surface area contributed by atoms with Crippen LogP contribution in [0, 0.1) is 20.0 Å². The summed E-state index contributed by atoms with van der Waals surface area (Å²) >= 11 is 0. The van der Waals surface area contributed by atoms with Gasteiger partial charge in [-0.05, 0) is 57.5 Å². The number of rotatable bonds is 2. The molecule has 4 heteroatoms. The van der Waals surface area contributed by atoms with Crippen LogP contribution in [0.15, 0.2) is 59.1 Å². The van der Waals surface area contributed by atoms with Gasteiger partial charge in [0.05, 0.1) is 18.4 Å². The van der Waals surface area contributed by atoms with E-state index in [1.807, 2.05) is 49.1 Å². The fraction of sp³-hybridized carbons (Fsp3) is 0.174. The van der Waals surface area contributed by atoms with Crippen molar-refractivity contribution in [3.05, 3.63) is 73.4 Å². The summed E-state index contributed by atoms with van der Waals surface area (Å²) in [7, 11) is 0. The lowest BCUT2D eigenvalue weighted by Crippen LogP contribution is -2.36. The van der Waals surface area contributed by atoms with E-state index < -0.39 is 6.02 Å². The quantitative estimate of drug-likeness (QED) is 0.442. The molecule has 0 aliphatic carbocycles. The minimum atomic E-state index is -0.848. The molecule has 0 N–H and O–H groups in total. The Bertz CT molecular complexity index is 1210. The first-order chi connectivity index (χ1) is 13.4. The van der Waals surface area contributed by atoms with Gasteiger partial charge >= 0.3 is 0 Å². The molecule has 0 saturated carbocycles. The Kier molecular flexibility index (Phi) is 3.21. The zero-order valence-corrected chi connectivity index (χ0v) is 15.7. The fourth-order valence-electron chi connectivity index (χ4n) is 4.01. The van der Waals surface area contributed by atoms with E-state index in [0.717, 1.165) is 45.1 Å². The molecule has 0 spiro atoms. The van der Waals surface area contributed by atoms with Gasteiger partial charge in [-0.2, -0.15) is 0 Å². The molecule has 0 bridgehead atoms.